The average molecular weight is 279 g/mol. The third kappa shape index (κ3) is 4.33. The Hall–Kier alpha value is -1.40. The summed E-state index contributed by atoms with van der Waals surface area (Å²) in [7, 11) is 1.16. The second-order valence-corrected chi connectivity index (χ2v) is 5.54. The number of nitrogens with zero attached hydrogens (tertiary/aromatic N) is 1. The molecule has 0 N–H and O–H groups in total. The number of ether oxygens (including phenoxy) is 2. The zero-order valence-electron chi connectivity index (χ0n) is 11.5. The van der Waals surface area contributed by atoms with E-state index in [1.807, 2.05) is 0 Å². The van der Waals surface area contributed by atoms with Crippen LogP contribution in [0.3, 0.4) is 0 Å². The molecule has 1 heterocycles. The molecule has 1 aliphatic rings. The average Bonchev–Trinajstić information content (AvgIpc) is 2.24. The summed E-state index contributed by atoms with van der Waals surface area (Å²) in [5.41, 5.74) is -0.815. The van der Waals surface area contributed by atoms with E-state index in [2.05, 4.69) is 4.74 Å². The molecule has 19 heavy (non-hydrogen) atoms. The highest BCUT2D eigenvalue weighted by Gasteiger charge is 2.46. The van der Waals surface area contributed by atoms with Crippen molar-refractivity contribution in [1.29, 1.82) is 0 Å². The molecule has 0 aromatic heterocycles. The quantitative estimate of drug-likeness (QED) is 0.690. The molecule has 0 aromatic carbocycles. The van der Waals surface area contributed by atoms with Crippen molar-refractivity contribution in [2.45, 2.75) is 51.2 Å². The fourth-order valence-electron chi connectivity index (χ4n) is 1.84. The summed E-state index contributed by atoms with van der Waals surface area (Å²) >= 11 is 0. The molecule has 0 aliphatic carbocycles. The molecule has 1 atom stereocenters. The minimum atomic E-state index is -3.01. The Kier molecular flexibility index (Phi) is 4.37. The normalized spacial score (nSPS) is 22.8. The van der Waals surface area contributed by atoms with Crippen LogP contribution in [0.1, 0.15) is 33.6 Å². The Balaban J connectivity index is 2.88. The van der Waals surface area contributed by atoms with E-state index in [1.165, 1.54) is 0 Å². The second kappa shape index (κ2) is 5.30. The van der Waals surface area contributed by atoms with Crippen LogP contribution in [0.25, 0.3) is 0 Å². The number of carbonyl (C=O) groups is 2. The maximum atomic E-state index is 13.4. The van der Waals surface area contributed by atoms with Crippen LogP contribution in [-0.2, 0) is 14.3 Å². The van der Waals surface area contributed by atoms with Gasteiger partial charge in [0.1, 0.15) is 11.6 Å². The summed E-state index contributed by atoms with van der Waals surface area (Å²) in [5, 5.41) is 0. The lowest BCUT2D eigenvalue weighted by atomic mass is 10.00. The van der Waals surface area contributed by atoms with E-state index in [-0.39, 0.29) is 6.42 Å². The van der Waals surface area contributed by atoms with Crippen LogP contribution in [0.2, 0.25) is 0 Å². The van der Waals surface area contributed by atoms with Gasteiger partial charge in [-0.25, -0.2) is 18.4 Å². The molecule has 1 aliphatic heterocycles. The molecule has 0 spiro atoms. The first kappa shape index (κ1) is 15.7. The third-order valence-corrected chi connectivity index (χ3v) is 2.66. The fourth-order valence-corrected chi connectivity index (χ4v) is 1.84. The fraction of sp³-hybridized carbons (Fsp3) is 0.833. The van der Waals surface area contributed by atoms with Gasteiger partial charge in [-0.2, -0.15) is 0 Å². The number of hydrogen-bond donors (Lipinski definition) is 0. The first-order chi connectivity index (χ1) is 8.56. The van der Waals surface area contributed by atoms with Crippen molar-refractivity contribution in [3.05, 3.63) is 0 Å². The lowest BCUT2D eigenvalue weighted by Crippen LogP contribution is -2.55. The molecule has 1 fully saturated rings. The lowest BCUT2D eigenvalue weighted by Gasteiger charge is -2.38. The van der Waals surface area contributed by atoms with Gasteiger partial charge in [0.2, 0.25) is 0 Å². The maximum Gasteiger partial charge on any atom is 0.411 e. The first-order valence-electron chi connectivity index (χ1n) is 6.01. The van der Waals surface area contributed by atoms with Gasteiger partial charge < -0.3 is 9.47 Å². The van der Waals surface area contributed by atoms with Crippen molar-refractivity contribution in [2.24, 2.45) is 0 Å². The van der Waals surface area contributed by atoms with Crippen LogP contribution < -0.4 is 0 Å². The molecule has 1 rings (SSSR count). The van der Waals surface area contributed by atoms with Crippen molar-refractivity contribution >= 4 is 12.1 Å². The molecule has 1 amide bonds. The summed E-state index contributed by atoms with van der Waals surface area (Å²) in [4.78, 5) is 24.2. The number of hydrogen-bond acceptors (Lipinski definition) is 4. The summed E-state index contributed by atoms with van der Waals surface area (Å²) < 4.78 is 36.4. The number of amides is 1. The van der Waals surface area contributed by atoms with Gasteiger partial charge in [0.15, 0.2) is 0 Å². The van der Waals surface area contributed by atoms with Gasteiger partial charge in [0.25, 0.3) is 5.92 Å². The Bertz CT molecular complexity index is 365. The maximum absolute atomic E-state index is 13.4. The van der Waals surface area contributed by atoms with Crippen LogP contribution >= 0.6 is 0 Å². The monoisotopic (exact) mass is 279 g/mol. The van der Waals surface area contributed by atoms with Crippen LogP contribution in [0.4, 0.5) is 13.6 Å². The molecule has 0 aromatic rings. The number of methoxy groups -OCH3 is 1. The number of rotatable bonds is 1. The topological polar surface area (TPSA) is 55.8 Å². The Morgan fingerprint density at radius 3 is 2.37 bits per heavy atom. The summed E-state index contributed by atoms with van der Waals surface area (Å²) in [6.45, 7) is 4.04. The summed E-state index contributed by atoms with van der Waals surface area (Å²) in [6.07, 6.45) is -1.52. The molecule has 0 saturated carbocycles. The molecule has 0 unspecified atom stereocenters. The van der Waals surface area contributed by atoms with E-state index < -0.39 is 42.6 Å². The summed E-state index contributed by atoms with van der Waals surface area (Å²) in [5.74, 6) is -3.72. The number of halogens is 2. The van der Waals surface area contributed by atoms with E-state index in [0.29, 0.717) is 0 Å². The molecule has 110 valence electrons. The Morgan fingerprint density at radius 2 is 1.89 bits per heavy atom. The van der Waals surface area contributed by atoms with Crippen LogP contribution in [0.15, 0.2) is 0 Å². The SMILES string of the molecule is COC(=O)[C@@H]1CCC(F)(F)CN1C(=O)OC(C)(C)C. The standard InChI is InChI=1S/C12H19F2NO4/c1-11(2,3)19-10(17)15-7-12(13,14)6-5-8(15)9(16)18-4/h8H,5-7H2,1-4H3/t8-/m0/s1. The van der Waals surface area contributed by atoms with Crippen LogP contribution in [0.5, 0.6) is 0 Å². The largest absolute Gasteiger partial charge is 0.467 e. The number of alkyl halides is 2. The van der Waals surface area contributed by atoms with E-state index in [1.54, 1.807) is 20.8 Å². The Labute approximate surface area is 110 Å². The predicted molar refractivity (Wildman–Crippen MR) is 62.9 cm³/mol. The van der Waals surface area contributed by atoms with E-state index >= 15 is 0 Å². The highest BCUT2D eigenvalue weighted by Crippen LogP contribution is 2.31. The van der Waals surface area contributed by atoms with Gasteiger partial charge in [-0.05, 0) is 27.2 Å². The molecule has 0 radical (unpaired) electrons. The van der Waals surface area contributed by atoms with Crippen molar-refractivity contribution < 1.29 is 27.8 Å². The highest BCUT2D eigenvalue weighted by atomic mass is 19.3. The Morgan fingerprint density at radius 1 is 1.32 bits per heavy atom. The van der Waals surface area contributed by atoms with Gasteiger partial charge in [-0.1, -0.05) is 0 Å². The third-order valence-electron chi connectivity index (χ3n) is 2.66. The van der Waals surface area contributed by atoms with E-state index in [0.717, 1.165) is 12.0 Å². The predicted octanol–water partition coefficient (Wildman–Crippen LogP) is 2.19. The van der Waals surface area contributed by atoms with Crippen molar-refractivity contribution in [3.63, 3.8) is 0 Å². The molecule has 5 nitrogen and oxygen atoms in total. The lowest BCUT2D eigenvalue weighted by molar-refractivity contribution is -0.154. The number of likely N-dealkylation sites (tertiary alicyclic amines) is 1. The van der Waals surface area contributed by atoms with Crippen LogP contribution in [-0.4, -0.2) is 48.2 Å². The number of carbonyl (C=O) groups excluding carboxylic acids is 2. The first-order valence-corrected chi connectivity index (χ1v) is 6.01. The zero-order chi connectivity index (χ0) is 14.8. The molecule has 1 saturated heterocycles. The smallest absolute Gasteiger partial charge is 0.411 e. The molecule has 7 heteroatoms. The zero-order valence-corrected chi connectivity index (χ0v) is 11.5. The van der Waals surface area contributed by atoms with Gasteiger partial charge in [-0.3, -0.25) is 4.90 Å². The molecular formula is C12H19F2NO4. The molecular weight excluding hydrogens is 260 g/mol. The van der Waals surface area contributed by atoms with Gasteiger partial charge >= 0.3 is 12.1 Å². The van der Waals surface area contributed by atoms with Crippen molar-refractivity contribution in [3.8, 4) is 0 Å². The molecule has 0 bridgehead atoms. The van der Waals surface area contributed by atoms with Gasteiger partial charge in [0.05, 0.1) is 13.7 Å². The minimum absolute atomic E-state index is 0.140. The highest BCUT2D eigenvalue weighted by molar-refractivity contribution is 5.81. The van der Waals surface area contributed by atoms with Crippen LogP contribution in [0, 0.1) is 0 Å². The van der Waals surface area contributed by atoms with Gasteiger partial charge in [-0.15, -0.1) is 0 Å². The number of esters is 1. The number of piperidine rings is 1. The van der Waals surface area contributed by atoms with Crippen molar-refractivity contribution in [1.82, 2.24) is 4.90 Å². The van der Waals surface area contributed by atoms with Gasteiger partial charge in [0, 0.05) is 6.42 Å². The van der Waals surface area contributed by atoms with E-state index in [4.69, 9.17) is 4.74 Å². The van der Waals surface area contributed by atoms with Crippen molar-refractivity contribution in [2.75, 3.05) is 13.7 Å². The minimum Gasteiger partial charge on any atom is -0.467 e. The van der Waals surface area contributed by atoms with E-state index in [9.17, 15) is 18.4 Å². The summed E-state index contributed by atoms with van der Waals surface area (Å²) in [6, 6.07) is -1.01. The second-order valence-electron chi connectivity index (χ2n) is 5.54.